The molecule has 4 rings (SSSR count). The van der Waals surface area contributed by atoms with Crippen LogP contribution in [0, 0.1) is 5.92 Å². The molecule has 2 amide bonds. The predicted molar refractivity (Wildman–Crippen MR) is 128 cm³/mol. The summed E-state index contributed by atoms with van der Waals surface area (Å²) in [6.07, 6.45) is 2.45. The first-order valence-electron chi connectivity index (χ1n) is 11.7. The van der Waals surface area contributed by atoms with Crippen LogP contribution in [0.25, 0.3) is 0 Å². The Hall–Kier alpha value is -2.91. The molecule has 2 fully saturated rings. The van der Waals surface area contributed by atoms with Crippen molar-refractivity contribution in [3.63, 3.8) is 0 Å². The number of nitrogens with zero attached hydrogens (tertiary/aromatic N) is 2. The number of hydrogen-bond donors (Lipinski definition) is 1. The Labute approximate surface area is 200 Å². The summed E-state index contributed by atoms with van der Waals surface area (Å²) in [7, 11) is -3.56. The molecule has 182 valence electrons. The van der Waals surface area contributed by atoms with Crippen molar-refractivity contribution in [3.05, 3.63) is 60.7 Å². The summed E-state index contributed by atoms with van der Waals surface area (Å²) in [5.74, 6) is 0.602. The van der Waals surface area contributed by atoms with Crippen molar-refractivity contribution in [2.75, 3.05) is 32.8 Å². The number of rotatable bonds is 7. The molecule has 2 aliphatic heterocycles. The van der Waals surface area contributed by atoms with Gasteiger partial charge in [-0.15, -0.1) is 0 Å². The van der Waals surface area contributed by atoms with Crippen LogP contribution in [0.15, 0.2) is 65.6 Å². The van der Waals surface area contributed by atoms with Gasteiger partial charge in [0.05, 0.1) is 4.90 Å². The fourth-order valence-electron chi connectivity index (χ4n) is 4.49. The van der Waals surface area contributed by atoms with Crippen LogP contribution in [0.5, 0.6) is 5.75 Å². The summed E-state index contributed by atoms with van der Waals surface area (Å²) in [6.45, 7) is 2.15. The molecule has 9 heteroatoms. The van der Waals surface area contributed by atoms with Gasteiger partial charge in [-0.1, -0.05) is 36.4 Å². The van der Waals surface area contributed by atoms with Crippen LogP contribution >= 0.6 is 0 Å². The van der Waals surface area contributed by atoms with Crippen molar-refractivity contribution in [1.29, 1.82) is 0 Å². The minimum atomic E-state index is -3.56. The highest BCUT2D eigenvalue weighted by Crippen LogP contribution is 2.23. The van der Waals surface area contributed by atoms with E-state index < -0.39 is 10.0 Å². The number of likely N-dealkylation sites (tertiary alicyclic amines) is 2. The van der Waals surface area contributed by atoms with Crippen LogP contribution in [0.4, 0.5) is 0 Å². The van der Waals surface area contributed by atoms with Crippen molar-refractivity contribution in [2.45, 2.75) is 36.6 Å². The van der Waals surface area contributed by atoms with Gasteiger partial charge in [-0.3, -0.25) is 9.59 Å². The molecule has 0 atom stereocenters. The highest BCUT2D eigenvalue weighted by Gasteiger charge is 2.33. The van der Waals surface area contributed by atoms with Crippen LogP contribution in [0.1, 0.15) is 25.7 Å². The lowest BCUT2D eigenvalue weighted by atomic mass is 9.94. The van der Waals surface area contributed by atoms with Crippen LogP contribution in [0.2, 0.25) is 0 Å². The second kappa shape index (κ2) is 11.0. The third kappa shape index (κ3) is 6.15. The van der Waals surface area contributed by atoms with Gasteiger partial charge in [-0.25, -0.2) is 13.1 Å². The number of benzene rings is 2. The van der Waals surface area contributed by atoms with E-state index in [4.69, 9.17) is 4.74 Å². The minimum Gasteiger partial charge on any atom is -0.484 e. The number of para-hydroxylation sites is 1. The highest BCUT2D eigenvalue weighted by molar-refractivity contribution is 7.89. The summed E-state index contributed by atoms with van der Waals surface area (Å²) < 4.78 is 33.4. The fourth-order valence-corrected chi connectivity index (χ4v) is 5.82. The van der Waals surface area contributed by atoms with E-state index in [1.165, 1.54) is 0 Å². The molecular formula is C25H31N3O5S. The second-order valence-electron chi connectivity index (χ2n) is 8.79. The van der Waals surface area contributed by atoms with Crippen LogP contribution in [-0.2, 0) is 19.6 Å². The number of ether oxygens (including phenoxy) is 1. The van der Waals surface area contributed by atoms with Gasteiger partial charge in [0.15, 0.2) is 6.61 Å². The number of carbonyl (C=O) groups excluding carboxylic acids is 2. The minimum absolute atomic E-state index is 0.00493. The Bertz CT molecular complexity index is 1060. The molecule has 0 spiro atoms. The Morgan fingerprint density at radius 2 is 1.38 bits per heavy atom. The molecule has 0 aliphatic carbocycles. The molecule has 2 saturated heterocycles. The van der Waals surface area contributed by atoms with E-state index in [2.05, 4.69) is 4.72 Å². The molecule has 2 heterocycles. The lowest BCUT2D eigenvalue weighted by Gasteiger charge is -2.37. The van der Waals surface area contributed by atoms with E-state index in [1.54, 1.807) is 35.2 Å². The third-order valence-electron chi connectivity index (χ3n) is 6.48. The zero-order chi connectivity index (χ0) is 24.0. The summed E-state index contributed by atoms with van der Waals surface area (Å²) in [6, 6.07) is 17.4. The largest absolute Gasteiger partial charge is 0.484 e. The number of nitrogens with one attached hydrogen (secondary N) is 1. The normalized spacial score (nSPS) is 18.0. The van der Waals surface area contributed by atoms with Crippen molar-refractivity contribution in [3.8, 4) is 5.75 Å². The van der Waals surface area contributed by atoms with Gasteiger partial charge in [0.2, 0.25) is 15.9 Å². The van der Waals surface area contributed by atoms with Crippen molar-refractivity contribution in [1.82, 2.24) is 14.5 Å². The van der Waals surface area contributed by atoms with Gasteiger partial charge in [0.1, 0.15) is 5.75 Å². The molecule has 0 unspecified atom stereocenters. The summed E-state index contributed by atoms with van der Waals surface area (Å²) in [5, 5.41) is 0. The number of amides is 2. The number of carbonyl (C=O) groups is 2. The molecule has 0 aromatic heterocycles. The molecule has 1 N–H and O–H groups in total. The van der Waals surface area contributed by atoms with E-state index in [9.17, 15) is 18.0 Å². The summed E-state index contributed by atoms with van der Waals surface area (Å²) in [4.78, 5) is 29.3. The fraction of sp³-hybridized carbons (Fsp3) is 0.440. The zero-order valence-electron chi connectivity index (χ0n) is 19.1. The molecule has 0 radical (unpaired) electrons. The monoisotopic (exact) mass is 485 g/mol. The topological polar surface area (TPSA) is 96.0 Å². The molecule has 2 aromatic rings. The first-order valence-corrected chi connectivity index (χ1v) is 13.2. The van der Waals surface area contributed by atoms with Crippen molar-refractivity contribution in [2.24, 2.45) is 5.92 Å². The van der Waals surface area contributed by atoms with E-state index >= 15 is 0 Å². The van der Waals surface area contributed by atoms with Crippen LogP contribution < -0.4 is 9.46 Å². The Morgan fingerprint density at radius 1 is 0.824 bits per heavy atom. The lowest BCUT2D eigenvalue weighted by molar-refractivity contribution is -0.142. The third-order valence-corrected chi connectivity index (χ3v) is 8.02. The maximum Gasteiger partial charge on any atom is 0.260 e. The van der Waals surface area contributed by atoms with E-state index in [0.717, 1.165) is 0 Å². The quantitative estimate of drug-likeness (QED) is 0.649. The molecular weight excluding hydrogens is 454 g/mol. The highest BCUT2D eigenvalue weighted by atomic mass is 32.2. The first kappa shape index (κ1) is 24.2. The Kier molecular flexibility index (Phi) is 7.84. The van der Waals surface area contributed by atoms with Crippen molar-refractivity contribution >= 4 is 21.8 Å². The molecule has 8 nitrogen and oxygen atoms in total. The smallest absolute Gasteiger partial charge is 0.260 e. The zero-order valence-corrected chi connectivity index (χ0v) is 20.0. The number of piperidine rings is 2. The summed E-state index contributed by atoms with van der Waals surface area (Å²) in [5.41, 5.74) is 0. The van der Waals surface area contributed by atoms with Gasteiger partial charge >= 0.3 is 0 Å². The summed E-state index contributed by atoms with van der Waals surface area (Å²) >= 11 is 0. The predicted octanol–water partition coefficient (Wildman–Crippen LogP) is 2.27. The maximum absolute atomic E-state index is 13.0. The van der Waals surface area contributed by atoms with E-state index in [-0.39, 0.29) is 35.3 Å². The average Bonchev–Trinajstić information content (AvgIpc) is 2.88. The van der Waals surface area contributed by atoms with Gasteiger partial charge in [-0.05, 0) is 49.9 Å². The molecule has 2 aromatic carbocycles. The number of hydrogen-bond acceptors (Lipinski definition) is 5. The van der Waals surface area contributed by atoms with Gasteiger partial charge in [-0.2, -0.15) is 0 Å². The van der Waals surface area contributed by atoms with Gasteiger partial charge < -0.3 is 14.5 Å². The first-order chi connectivity index (χ1) is 16.4. The van der Waals surface area contributed by atoms with Gasteiger partial charge in [0.25, 0.3) is 5.91 Å². The molecule has 0 bridgehead atoms. The van der Waals surface area contributed by atoms with E-state index in [1.807, 2.05) is 35.2 Å². The van der Waals surface area contributed by atoms with Gasteiger partial charge in [0, 0.05) is 38.1 Å². The second-order valence-corrected chi connectivity index (χ2v) is 10.5. The molecule has 2 aliphatic rings. The van der Waals surface area contributed by atoms with Crippen molar-refractivity contribution < 1.29 is 22.7 Å². The van der Waals surface area contributed by atoms with E-state index in [0.29, 0.717) is 57.6 Å². The standard InChI is InChI=1S/C25H31N3O5S/c29-24(19-33-22-7-3-1-4-8-22)27-15-11-20(12-16-27)25(30)28-17-13-21(14-18-28)26-34(31,32)23-9-5-2-6-10-23/h1-10,20-21,26H,11-19H2. The lowest BCUT2D eigenvalue weighted by Crippen LogP contribution is -2.50. The Balaban J connectivity index is 1.19. The van der Waals surface area contributed by atoms with Crippen LogP contribution in [0.3, 0.4) is 0 Å². The molecule has 34 heavy (non-hydrogen) atoms. The van der Waals surface area contributed by atoms with Crippen LogP contribution in [-0.4, -0.2) is 68.9 Å². The average molecular weight is 486 g/mol. The molecule has 0 saturated carbocycles. The SMILES string of the molecule is O=C(COc1ccccc1)N1CCC(C(=O)N2CCC(NS(=O)(=O)c3ccccc3)CC2)CC1. The Morgan fingerprint density at radius 3 is 2.00 bits per heavy atom. The maximum atomic E-state index is 13.0. The number of sulfonamides is 1.